The second-order valence-corrected chi connectivity index (χ2v) is 6.81. The zero-order chi connectivity index (χ0) is 16.2. The molecule has 2 aliphatic rings. The SMILES string of the molecule is CCN1C(=NC2CCCC2)O/C(=C/c2ccc(SC)cc2)C1O. The van der Waals surface area contributed by atoms with Crippen molar-refractivity contribution in [1.29, 1.82) is 0 Å². The van der Waals surface area contributed by atoms with Crippen molar-refractivity contribution in [3.63, 3.8) is 0 Å². The van der Waals surface area contributed by atoms with Gasteiger partial charge < -0.3 is 9.84 Å². The summed E-state index contributed by atoms with van der Waals surface area (Å²) in [6, 6.07) is 9.13. The minimum Gasteiger partial charge on any atom is -0.426 e. The minimum atomic E-state index is -0.750. The lowest BCUT2D eigenvalue weighted by molar-refractivity contribution is 0.0983. The van der Waals surface area contributed by atoms with Crippen LogP contribution in [0.5, 0.6) is 0 Å². The van der Waals surface area contributed by atoms with E-state index in [4.69, 9.17) is 9.73 Å². The molecule has 1 unspecified atom stereocenters. The molecule has 1 aliphatic carbocycles. The summed E-state index contributed by atoms with van der Waals surface area (Å²) < 4.78 is 5.88. The number of benzene rings is 1. The normalized spacial score (nSPS) is 25.5. The Hall–Kier alpha value is -1.46. The van der Waals surface area contributed by atoms with Gasteiger partial charge in [-0.25, -0.2) is 4.99 Å². The topological polar surface area (TPSA) is 45.1 Å². The summed E-state index contributed by atoms with van der Waals surface area (Å²) >= 11 is 1.71. The van der Waals surface area contributed by atoms with Crippen molar-refractivity contribution >= 4 is 23.9 Å². The van der Waals surface area contributed by atoms with Crippen LogP contribution < -0.4 is 0 Å². The van der Waals surface area contributed by atoms with Crippen LogP contribution in [-0.4, -0.2) is 41.1 Å². The molecule has 1 N–H and O–H groups in total. The number of ether oxygens (including phenoxy) is 1. The number of rotatable bonds is 4. The van der Waals surface area contributed by atoms with Gasteiger partial charge in [0.15, 0.2) is 12.0 Å². The monoisotopic (exact) mass is 332 g/mol. The standard InChI is InChI=1S/C18H24N2O2S/c1-3-20-17(21)16(12-13-8-10-15(23-2)11-9-13)22-18(20)19-14-6-4-5-7-14/h8-12,14,17,21H,3-7H2,1-2H3/b16-12+,19-18?. The highest BCUT2D eigenvalue weighted by molar-refractivity contribution is 7.98. The third-order valence-electron chi connectivity index (χ3n) is 4.39. The van der Waals surface area contributed by atoms with Crippen molar-refractivity contribution < 1.29 is 9.84 Å². The number of nitrogens with zero attached hydrogens (tertiary/aromatic N) is 2. The van der Waals surface area contributed by atoms with Crippen LogP contribution in [0.2, 0.25) is 0 Å². The largest absolute Gasteiger partial charge is 0.426 e. The zero-order valence-corrected chi connectivity index (χ0v) is 14.6. The first-order chi connectivity index (χ1) is 11.2. The van der Waals surface area contributed by atoms with Crippen LogP contribution in [0, 0.1) is 0 Å². The Bertz CT molecular complexity index is 592. The molecule has 1 aromatic rings. The molecule has 2 fully saturated rings. The molecule has 1 saturated heterocycles. The molecule has 0 radical (unpaired) electrons. The van der Waals surface area contributed by atoms with E-state index >= 15 is 0 Å². The summed E-state index contributed by atoms with van der Waals surface area (Å²) in [7, 11) is 0. The van der Waals surface area contributed by atoms with Crippen molar-refractivity contribution in [2.24, 2.45) is 4.99 Å². The van der Waals surface area contributed by atoms with Gasteiger partial charge in [0.25, 0.3) is 6.02 Å². The van der Waals surface area contributed by atoms with Crippen LogP contribution >= 0.6 is 11.8 Å². The van der Waals surface area contributed by atoms with Crippen molar-refractivity contribution in [3.05, 3.63) is 35.6 Å². The predicted molar refractivity (Wildman–Crippen MR) is 95.4 cm³/mol. The van der Waals surface area contributed by atoms with Gasteiger partial charge >= 0.3 is 0 Å². The predicted octanol–water partition coefficient (Wildman–Crippen LogP) is 3.72. The highest BCUT2D eigenvalue weighted by Crippen LogP contribution is 2.27. The summed E-state index contributed by atoms with van der Waals surface area (Å²) in [6.07, 6.45) is 7.92. The van der Waals surface area contributed by atoms with E-state index < -0.39 is 6.23 Å². The Morgan fingerprint density at radius 2 is 2.00 bits per heavy atom. The third kappa shape index (κ3) is 3.72. The van der Waals surface area contributed by atoms with Crippen LogP contribution in [0.25, 0.3) is 6.08 Å². The molecule has 0 amide bonds. The first-order valence-corrected chi connectivity index (χ1v) is 9.49. The van der Waals surface area contributed by atoms with Gasteiger partial charge in [-0.15, -0.1) is 11.8 Å². The van der Waals surface area contributed by atoms with E-state index in [2.05, 4.69) is 18.4 Å². The van der Waals surface area contributed by atoms with Gasteiger partial charge in [0.05, 0.1) is 6.04 Å². The number of aliphatic hydroxyl groups is 1. The van der Waals surface area contributed by atoms with E-state index in [9.17, 15) is 5.11 Å². The number of thioether (sulfide) groups is 1. The quantitative estimate of drug-likeness (QED) is 0.854. The number of aliphatic hydroxyl groups excluding tert-OH is 1. The highest BCUT2D eigenvalue weighted by atomic mass is 32.2. The molecule has 1 saturated carbocycles. The molecular weight excluding hydrogens is 308 g/mol. The fraction of sp³-hybridized carbons (Fsp3) is 0.500. The second kappa shape index (κ2) is 7.41. The Morgan fingerprint density at radius 3 is 2.61 bits per heavy atom. The summed E-state index contributed by atoms with van der Waals surface area (Å²) in [5.41, 5.74) is 1.02. The Balaban J connectivity index is 1.80. The van der Waals surface area contributed by atoms with Crippen molar-refractivity contribution in [1.82, 2.24) is 4.90 Å². The molecule has 23 heavy (non-hydrogen) atoms. The first kappa shape index (κ1) is 16.4. The van der Waals surface area contributed by atoms with E-state index in [0.29, 0.717) is 24.4 Å². The zero-order valence-electron chi connectivity index (χ0n) is 13.7. The minimum absolute atomic E-state index is 0.339. The third-order valence-corrected chi connectivity index (χ3v) is 5.13. The van der Waals surface area contributed by atoms with Gasteiger partial charge in [-0.3, -0.25) is 4.90 Å². The second-order valence-electron chi connectivity index (χ2n) is 5.93. The van der Waals surface area contributed by atoms with Crippen LogP contribution in [0.1, 0.15) is 38.2 Å². The first-order valence-electron chi connectivity index (χ1n) is 8.27. The van der Waals surface area contributed by atoms with Gasteiger partial charge in [0, 0.05) is 11.4 Å². The Morgan fingerprint density at radius 1 is 1.30 bits per heavy atom. The summed E-state index contributed by atoms with van der Waals surface area (Å²) in [6.45, 7) is 2.68. The fourth-order valence-electron chi connectivity index (χ4n) is 3.04. The molecular formula is C18H24N2O2S. The smallest absolute Gasteiger partial charge is 0.295 e. The van der Waals surface area contributed by atoms with Crippen molar-refractivity contribution in [2.75, 3.05) is 12.8 Å². The summed E-state index contributed by atoms with van der Waals surface area (Å²) in [5, 5.41) is 10.5. The summed E-state index contributed by atoms with van der Waals surface area (Å²) in [4.78, 5) is 7.75. The van der Waals surface area contributed by atoms with Gasteiger partial charge in [-0.1, -0.05) is 25.0 Å². The number of hydrogen-bond donors (Lipinski definition) is 1. The van der Waals surface area contributed by atoms with Gasteiger partial charge in [-0.05, 0) is 49.8 Å². The van der Waals surface area contributed by atoms with Crippen LogP contribution in [0.3, 0.4) is 0 Å². The molecule has 124 valence electrons. The average Bonchev–Trinajstić information content (AvgIpc) is 3.17. The molecule has 3 rings (SSSR count). The Labute approximate surface area is 142 Å². The number of amidine groups is 1. The van der Waals surface area contributed by atoms with E-state index in [0.717, 1.165) is 18.4 Å². The fourth-order valence-corrected chi connectivity index (χ4v) is 3.45. The highest BCUT2D eigenvalue weighted by Gasteiger charge is 2.34. The van der Waals surface area contributed by atoms with Crippen LogP contribution in [0.15, 0.2) is 39.9 Å². The van der Waals surface area contributed by atoms with Crippen LogP contribution in [0.4, 0.5) is 0 Å². The molecule has 0 aromatic heterocycles. The molecule has 1 aromatic carbocycles. The molecule has 5 heteroatoms. The van der Waals surface area contributed by atoms with Crippen molar-refractivity contribution in [3.8, 4) is 0 Å². The molecule has 1 aliphatic heterocycles. The lowest BCUT2D eigenvalue weighted by atomic mass is 10.2. The molecule has 1 atom stereocenters. The number of aliphatic imine (C=N–C) groups is 1. The van der Waals surface area contributed by atoms with E-state index in [-0.39, 0.29) is 0 Å². The summed E-state index contributed by atoms with van der Waals surface area (Å²) in [5.74, 6) is 0.556. The Kier molecular flexibility index (Phi) is 5.28. The maximum atomic E-state index is 10.5. The van der Waals surface area contributed by atoms with Crippen molar-refractivity contribution in [2.45, 2.75) is 49.8 Å². The lowest BCUT2D eigenvalue weighted by Gasteiger charge is -2.17. The van der Waals surface area contributed by atoms with Gasteiger partial charge in [0.2, 0.25) is 0 Å². The lowest BCUT2D eigenvalue weighted by Crippen LogP contribution is -2.33. The van der Waals surface area contributed by atoms with Gasteiger partial charge in [-0.2, -0.15) is 0 Å². The van der Waals surface area contributed by atoms with Gasteiger partial charge in [0.1, 0.15) is 0 Å². The van der Waals surface area contributed by atoms with E-state index in [1.807, 2.05) is 30.0 Å². The average molecular weight is 332 g/mol. The van der Waals surface area contributed by atoms with E-state index in [1.54, 1.807) is 11.8 Å². The molecule has 0 bridgehead atoms. The number of likely N-dealkylation sites (N-methyl/N-ethyl adjacent to an activating group) is 1. The van der Waals surface area contributed by atoms with Crippen LogP contribution in [-0.2, 0) is 4.74 Å². The number of hydrogen-bond acceptors (Lipinski definition) is 4. The molecule has 4 nitrogen and oxygen atoms in total. The van der Waals surface area contributed by atoms with E-state index in [1.165, 1.54) is 17.7 Å². The maximum absolute atomic E-state index is 10.5. The molecule has 1 heterocycles. The maximum Gasteiger partial charge on any atom is 0.295 e. The molecule has 0 spiro atoms.